The van der Waals surface area contributed by atoms with E-state index in [-0.39, 0.29) is 12.5 Å². The Hall–Kier alpha value is -1.54. The van der Waals surface area contributed by atoms with Crippen LogP contribution in [0, 0.1) is 11.8 Å². The summed E-state index contributed by atoms with van der Waals surface area (Å²) in [6.07, 6.45) is 1.04. The van der Waals surface area contributed by atoms with Gasteiger partial charge in [-0.15, -0.1) is 0 Å². The van der Waals surface area contributed by atoms with Crippen molar-refractivity contribution in [1.82, 2.24) is 0 Å². The highest BCUT2D eigenvalue weighted by Crippen LogP contribution is 2.20. The van der Waals surface area contributed by atoms with E-state index in [1.165, 1.54) is 0 Å². The van der Waals surface area contributed by atoms with Crippen molar-refractivity contribution >= 4 is 23.2 Å². The molecule has 1 amide bonds. The van der Waals surface area contributed by atoms with Crippen molar-refractivity contribution in [3.8, 4) is 11.8 Å². The minimum atomic E-state index is -0.232. The van der Waals surface area contributed by atoms with Crippen LogP contribution in [0.1, 0.15) is 25.3 Å². The first kappa shape index (κ1) is 16.5. The maximum Gasteiger partial charge on any atom is 0.224 e. The molecule has 1 aromatic carbocycles. The van der Waals surface area contributed by atoms with Crippen LogP contribution >= 0.6 is 11.6 Å². The van der Waals surface area contributed by atoms with Crippen LogP contribution in [0.5, 0.6) is 0 Å². The third-order valence-electron chi connectivity index (χ3n) is 2.45. The Labute approximate surface area is 124 Å². The van der Waals surface area contributed by atoms with Crippen LogP contribution in [0.25, 0.3) is 0 Å². The van der Waals surface area contributed by atoms with Crippen LogP contribution in [-0.4, -0.2) is 30.8 Å². The lowest BCUT2D eigenvalue weighted by atomic mass is 10.1. The molecular formula is C15H18ClNO3. The fraction of sp³-hybridized carbons (Fsp3) is 0.400. The van der Waals surface area contributed by atoms with Gasteiger partial charge in [-0.25, -0.2) is 0 Å². The number of anilines is 1. The van der Waals surface area contributed by atoms with Crippen LogP contribution in [0.2, 0.25) is 5.02 Å². The molecule has 0 saturated heterocycles. The van der Waals surface area contributed by atoms with Crippen molar-refractivity contribution in [3.05, 3.63) is 28.8 Å². The quantitative estimate of drug-likeness (QED) is 0.626. The lowest BCUT2D eigenvalue weighted by Crippen LogP contribution is -2.13. The summed E-state index contributed by atoms with van der Waals surface area (Å²) in [5.41, 5.74) is 1.18. The fourth-order valence-corrected chi connectivity index (χ4v) is 1.73. The number of ether oxygens (including phenoxy) is 1. The summed E-state index contributed by atoms with van der Waals surface area (Å²) in [6, 6.07) is 5.04. The molecule has 0 saturated carbocycles. The van der Waals surface area contributed by atoms with Gasteiger partial charge < -0.3 is 15.2 Å². The summed E-state index contributed by atoms with van der Waals surface area (Å²) in [7, 11) is 0. The van der Waals surface area contributed by atoms with Crippen molar-refractivity contribution < 1.29 is 14.6 Å². The number of rotatable bonds is 6. The first-order chi connectivity index (χ1) is 9.67. The van der Waals surface area contributed by atoms with E-state index in [0.717, 1.165) is 0 Å². The van der Waals surface area contributed by atoms with Gasteiger partial charge in [0.25, 0.3) is 0 Å². The zero-order valence-electron chi connectivity index (χ0n) is 11.4. The average Bonchev–Trinajstić information content (AvgIpc) is 2.43. The smallest absolute Gasteiger partial charge is 0.224 e. The van der Waals surface area contributed by atoms with Gasteiger partial charge in [0.2, 0.25) is 5.91 Å². The molecular weight excluding hydrogens is 278 g/mol. The largest absolute Gasteiger partial charge is 0.384 e. The second-order valence-electron chi connectivity index (χ2n) is 4.00. The molecule has 0 aliphatic heterocycles. The van der Waals surface area contributed by atoms with E-state index in [2.05, 4.69) is 17.2 Å². The molecule has 0 aromatic heterocycles. The van der Waals surface area contributed by atoms with Gasteiger partial charge in [-0.3, -0.25) is 4.79 Å². The van der Waals surface area contributed by atoms with E-state index in [1.807, 2.05) is 6.92 Å². The van der Waals surface area contributed by atoms with Crippen molar-refractivity contribution in [3.63, 3.8) is 0 Å². The molecule has 20 heavy (non-hydrogen) atoms. The summed E-state index contributed by atoms with van der Waals surface area (Å²) < 4.78 is 5.18. The molecule has 108 valence electrons. The highest BCUT2D eigenvalue weighted by Gasteiger charge is 2.06. The van der Waals surface area contributed by atoms with Gasteiger partial charge >= 0.3 is 0 Å². The van der Waals surface area contributed by atoms with E-state index in [4.69, 9.17) is 21.4 Å². The molecule has 0 spiro atoms. The number of hydrogen-bond donors (Lipinski definition) is 2. The Balaban J connectivity index is 2.65. The van der Waals surface area contributed by atoms with Gasteiger partial charge in [-0.2, -0.15) is 0 Å². The summed E-state index contributed by atoms with van der Waals surface area (Å²) in [5, 5.41) is 12.0. The van der Waals surface area contributed by atoms with E-state index >= 15 is 0 Å². The van der Waals surface area contributed by atoms with Gasteiger partial charge in [-0.1, -0.05) is 23.4 Å². The van der Waals surface area contributed by atoms with Gasteiger partial charge in [0.1, 0.15) is 6.61 Å². The molecule has 1 aromatic rings. The lowest BCUT2D eigenvalue weighted by Gasteiger charge is -2.08. The third kappa shape index (κ3) is 6.07. The summed E-state index contributed by atoms with van der Waals surface area (Å²) in [4.78, 5) is 11.8. The molecule has 0 aliphatic rings. The molecule has 5 heteroatoms. The molecule has 0 unspecified atom stereocenters. The minimum absolute atomic E-state index is 0.112. The van der Waals surface area contributed by atoms with Gasteiger partial charge in [0, 0.05) is 30.2 Å². The molecule has 1 rings (SSSR count). The number of halogens is 1. The van der Waals surface area contributed by atoms with Crippen LogP contribution < -0.4 is 5.32 Å². The third-order valence-corrected chi connectivity index (χ3v) is 2.69. The molecule has 4 nitrogen and oxygen atoms in total. The zero-order chi connectivity index (χ0) is 14.8. The Bertz CT molecular complexity index is 506. The number of nitrogens with one attached hydrogen (secondary N) is 1. The lowest BCUT2D eigenvalue weighted by molar-refractivity contribution is -0.116. The average molecular weight is 296 g/mol. The van der Waals surface area contributed by atoms with E-state index in [0.29, 0.717) is 42.3 Å². The maximum atomic E-state index is 11.8. The monoisotopic (exact) mass is 295 g/mol. The van der Waals surface area contributed by atoms with Crippen LogP contribution in [0.3, 0.4) is 0 Å². The van der Waals surface area contributed by atoms with E-state index in [1.54, 1.807) is 18.2 Å². The molecule has 2 N–H and O–H groups in total. The second-order valence-corrected chi connectivity index (χ2v) is 4.43. The van der Waals surface area contributed by atoms with Crippen molar-refractivity contribution in [2.75, 3.05) is 25.1 Å². The van der Waals surface area contributed by atoms with Crippen LogP contribution in [0.15, 0.2) is 18.2 Å². The zero-order valence-corrected chi connectivity index (χ0v) is 12.2. The van der Waals surface area contributed by atoms with Crippen molar-refractivity contribution in [1.29, 1.82) is 0 Å². The number of hydrogen-bond acceptors (Lipinski definition) is 3. The number of aliphatic hydroxyl groups is 1. The molecule has 0 radical (unpaired) electrons. The van der Waals surface area contributed by atoms with Crippen molar-refractivity contribution in [2.24, 2.45) is 0 Å². The SMILES string of the molecule is CCOCCCC(=O)Nc1cc(Cl)ccc1C#CCO. The standard InChI is InChI=1S/C15H18ClNO3/c1-2-20-10-4-6-15(19)17-14-11-13(16)8-7-12(14)5-3-9-18/h7-8,11,18H,2,4,6,9-10H2,1H3,(H,17,19). The Morgan fingerprint density at radius 3 is 3.00 bits per heavy atom. The number of carbonyl (C=O) groups excluding carboxylic acids is 1. The molecule has 0 atom stereocenters. The summed E-state index contributed by atoms with van der Waals surface area (Å²) >= 11 is 5.91. The maximum absolute atomic E-state index is 11.8. The predicted molar refractivity (Wildman–Crippen MR) is 79.8 cm³/mol. The summed E-state index contributed by atoms with van der Waals surface area (Å²) in [6.45, 7) is 2.90. The number of amides is 1. The number of carbonyl (C=O) groups is 1. The van der Waals surface area contributed by atoms with Crippen LogP contribution in [-0.2, 0) is 9.53 Å². The Kier molecular flexibility index (Phi) is 7.74. The number of aliphatic hydroxyl groups excluding tert-OH is 1. The summed E-state index contributed by atoms with van der Waals surface area (Å²) in [5.74, 6) is 5.21. The topological polar surface area (TPSA) is 58.6 Å². The molecule has 0 aliphatic carbocycles. The van der Waals surface area contributed by atoms with E-state index < -0.39 is 0 Å². The van der Waals surface area contributed by atoms with E-state index in [9.17, 15) is 4.79 Å². The molecule has 0 heterocycles. The Morgan fingerprint density at radius 1 is 1.50 bits per heavy atom. The van der Waals surface area contributed by atoms with Gasteiger partial charge in [-0.05, 0) is 31.5 Å². The van der Waals surface area contributed by atoms with Gasteiger partial charge in [0.05, 0.1) is 5.69 Å². The first-order valence-electron chi connectivity index (χ1n) is 6.44. The van der Waals surface area contributed by atoms with Crippen LogP contribution in [0.4, 0.5) is 5.69 Å². The second kappa shape index (κ2) is 9.38. The normalized spacial score (nSPS) is 9.75. The first-order valence-corrected chi connectivity index (χ1v) is 6.82. The Morgan fingerprint density at radius 2 is 2.30 bits per heavy atom. The highest BCUT2D eigenvalue weighted by molar-refractivity contribution is 6.31. The predicted octanol–water partition coefficient (Wildman–Crippen LogP) is 2.44. The highest BCUT2D eigenvalue weighted by atomic mass is 35.5. The van der Waals surface area contributed by atoms with Gasteiger partial charge in [0.15, 0.2) is 0 Å². The minimum Gasteiger partial charge on any atom is -0.384 e. The van der Waals surface area contributed by atoms with Crippen molar-refractivity contribution in [2.45, 2.75) is 19.8 Å². The molecule has 0 fully saturated rings. The molecule has 0 bridgehead atoms. The fourth-order valence-electron chi connectivity index (χ4n) is 1.56. The number of benzene rings is 1.